The standard InChI is InChI=1S/C19H24O/c1-4-9-19-15(6-3)12-14(5-2)16(19)13-18(17(19)20)10-7-8-11-18/h4-8,14-16H,1-3,9-13H2/t14-,15+,16-,19+/m1/s1. The van der Waals surface area contributed by atoms with E-state index in [2.05, 4.69) is 38.0 Å². The van der Waals surface area contributed by atoms with Gasteiger partial charge in [0.2, 0.25) is 0 Å². The van der Waals surface area contributed by atoms with Gasteiger partial charge in [0.15, 0.2) is 0 Å². The van der Waals surface area contributed by atoms with Crippen molar-refractivity contribution in [2.75, 3.05) is 0 Å². The van der Waals surface area contributed by atoms with Crippen LogP contribution in [0.1, 0.15) is 32.1 Å². The lowest BCUT2D eigenvalue weighted by Crippen LogP contribution is -2.39. The lowest BCUT2D eigenvalue weighted by atomic mass is 9.67. The molecule has 106 valence electrons. The summed E-state index contributed by atoms with van der Waals surface area (Å²) >= 11 is 0. The van der Waals surface area contributed by atoms with Gasteiger partial charge in [-0.1, -0.05) is 30.4 Å². The minimum Gasteiger partial charge on any atom is -0.298 e. The van der Waals surface area contributed by atoms with Gasteiger partial charge in [0.25, 0.3) is 0 Å². The molecule has 3 aliphatic carbocycles. The van der Waals surface area contributed by atoms with Crippen molar-refractivity contribution in [2.45, 2.75) is 32.1 Å². The van der Waals surface area contributed by atoms with Crippen LogP contribution in [0, 0.1) is 28.6 Å². The molecule has 0 aromatic rings. The summed E-state index contributed by atoms with van der Waals surface area (Å²) in [6.45, 7) is 11.9. The molecule has 0 N–H and O–H groups in total. The van der Waals surface area contributed by atoms with Gasteiger partial charge in [0.1, 0.15) is 5.78 Å². The fourth-order valence-corrected chi connectivity index (χ4v) is 5.26. The Morgan fingerprint density at radius 2 is 1.90 bits per heavy atom. The van der Waals surface area contributed by atoms with Gasteiger partial charge < -0.3 is 0 Å². The van der Waals surface area contributed by atoms with Crippen LogP contribution >= 0.6 is 0 Å². The Morgan fingerprint density at radius 3 is 2.45 bits per heavy atom. The van der Waals surface area contributed by atoms with Crippen LogP contribution in [0.15, 0.2) is 50.1 Å². The molecule has 2 fully saturated rings. The molecule has 0 aromatic heterocycles. The summed E-state index contributed by atoms with van der Waals surface area (Å²) in [5, 5.41) is 0. The molecule has 2 saturated carbocycles. The summed E-state index contributed by atoms with van der Waals surface area (Å²) < 4.78 is 0. The number of Topliss-reactive ketones (excluding diaryl/α,β-unsaturated/α-hetero) is 1. The van der Waals surface area contributed by atoms with Crippen LogP contribution in [-0.4, -0.2) is 5.78 Å². The quantitative estimate of drug-likeness (QED) is 0.687. The first-order valence-corrected chi connectivity index (χ1v) is 7.70. The smallest absolute Gasteiger partial charge is 0.146 e. The van der Waals surface area contributed by atoms with Gasteiger partial charge in [-0.05, 0) is 49.9 Å². The molecule has 20 heavy (non-hydrogen) atoms. The minimum atomic E-state index is -0.256. The molecule has 0 bridgehead atoms. The maximum Gasteiger partial charge on any atom is 0.146 e. The topological polar surface area (TPSA) is 17.1 Å². The third kappa shape index (κ3) is 1.47. The highest BCUT2D eigenvalue weighted by Gasteiger charge is 2.67. The van der Waals surface area contributed by atoms with Crippen molar-refractivity contribution < 1.29 is 4.79 Å². The zero-order valence-electron chi connectivity index (χ0n) is 12.2. The SMILES string of the molecule is C=CC[C@@]12C(=O)C3(CC=CC3)C[C@@H]1[C@H](C=C)C[C@@H]2C=C. The minimum absolute atomic E-state index is 0.128. The van der Waals surface area contributed by atoms with E-state index in [0.29, 0.717) is 17.6 Å². The Bertz CT molecular complexity index is 490. The monoisotopic (exact) mass is 268 g/mol. The van der Waals surface area contributed by atoms with Gasteiger partial charge in [-0.25, -0.2) is 0 Å². The Labute approximate surface area is 122 Å². The number of ketones is 1. The van der Waals surface area contributed by atoms with E-state index in [1.54, 1.807) is 0 Å². The fraction of sp³-hybridized carbons (Fsp3) is 0.526. The third-order valence-electron chi connectivity index (χ3n) is 6.13. The molecule has 0 unspecified atom stereocenters. The van der Waals surface area contributed by atoms with Crippen LogP contribution in [0.5, 0.6) is 0 Å². The van der Waals surface area contributed by atoms with Crippen molar-refractivity contribution in [2.24, 2.45) is 28.6 Å². The number of allylic oxidation sites excluding steroid dienone is 5. The molecule has 1 nitrogen and oxygen atoms in total. The molecule has 0 amide bonds. The van der Waals surface area contributed by atoms with Crippen LogP contribution in [0.25, 0.3) is 0 Å². The molecule has 3 aliphatic rings. The fourth-order valence-electron chi connectivity index (χ4n) is 5.26. The Morgan fingerprint density at radius 1 is 1.20 bits per heavy atom. The molecule has 0 aromatic carbocycles. The van der Waals surface area contributed by atoms with E-state index in [4.69, 9.17) is 0 Å². The van der Waals surface area contributed by atoms with E-state index in [1.807, 2.05) is 12.2 Å². The van der Waals surface area contributed by atoms with Crippen molar-refractivity contribution >= 4 is 5.78 Å². The molecule has 0 saturated heterocycles. The predicted octanol–water partition coefficient (Wildman–Crippen LogP) is 4.48. The molecule has 3 rings (SSSR count). The molecular formula is C19H24O. The summed E-state index contributed by atoms with van der Waals surface area (Å²) in [5.74, 6) is 1.63. The van der Waals surface area contributed by atoms with Gasteiger partial charge in [-0.2, -0.15) is 0 Å². The Hall–Kier alpha value is -1.37. The second-order valence-corrected chi connectivity index (χ2v) is 6.81. The van der Waals surface area contributed by atoms with Gasteiger partial charge >= 0.3 is 0 Å². The first-order valence-electron chi connectivity index (χ1n) is 7.70. The lowest BCUT2D eigenvalue weighted by molar-refractivity contribution is -0.135. The van der Waals surface area contributed by atoms with Crippen LogP contribution < -0.4 is 0 Å². The molecular weight excluding hydrogens is 244 g/mol. The van der Waals surface area contributed by atoms with Crippen molar-refractivity contribution in [3.05, 3.63) is 50.1 Å². The summed E-state index contributed by atoms with van der Waals surface area (Å²) in [6.07, 6.45) is 15.1. The number of carbonyl (C=O) groups excluding carboxylic acids is 1. The molecule has 4 atom stereocenters. The molecule has 0 radical (unpaired) electrons. The van der Waals surface area contributed by atoms with Gasteiger partial charge in [0, 0.05) is 10.8 Å². The Kier molecular flexibility index (Phi) is 3.12. The maximum atomic E-state index is 13.4. The summed E-state index contributed by atoms with van der Waals surface area (Å²) in [5.41, 5.74) is -0.384. The maximum absolute atomic E-state index is 13.4. The number of hydrogen-bond donors (Lipinski definition) is 0. The van der Waals surface area contributed by atoms with E-state index in [-0.39, 0.29) is 16.7 Å². The second-order valence-electron chi connectivity index (χ2n) is 6.81. The predicted molar refractivity (Wildman–Crippen MR) is 83.2 cm³/mol. The second kappa shape index (κ2) is 4.58. The van der Waals surface area contributed by atoms with Crippen molar-refractivity contribution in [3.63, 3.8) is 0 Å². The highest BCUT2D eigenvalue weighted by molar-refractivity contribution is 5.95. The molecule has 1 spiro atoms. The average Bonchev–Trinajstić information content (AvgIpc) is 3.09. The number of rotatable bonds is 4. The van der Waals surface area contributed by atoms with E-state index in [9.17, 15) is 4.79 Å². The average molecular weight is 268 g/mol. The lowest BCUT2D eigenvalue weighted by Gasteiger charge is -2.34. The molecule has 0 aliphatic heterocycles. The first-order chi connectivity index (χ1) is 9.64. The summed E-state index contributed by atoms with van der Waals surface area (Å²) in [4.78, 5) is 13.4. The van der Waals surface area contributed by atoms with Crippen LogP contribution in [0.3, 0.4) is 0 Å². The van der Waals surface area contributed by atoms with Gasteiger partial charge in [-0.3, -0.25) is 4.79 Å². The van der Waals surface area contributed by atoms with E-state index in [0.717, 1.165) is 32.1 Å². The Balaban J connectivity index is 2.09. The van der Waals surface area contributed by atoms with E-state index < -0.39 is 0 Å². The van der Waals surface area contributed by atoms with Crippen LogP contribution in [0.4, 0.5) is 0 Å². The van der Waals surface area contributed by atoms with Gasteiger partial charge in [-0.15, -0.1) is 19.7 Å². The van der Waals surface area contributed by atoms with E-state index in [1.165, 1.54) is 0 Å². The largest absolute Gasteiger partial charge is 0.298 e. The van der Waals surface area contributed by atoms with Crippen molar-refractivity contribution in [1.29, 1.82) is 0 Å². The van der Waals surface area contributed by atoms with Crippen LogP contribution in [-0.2, 0) is 4.79 Å². The zero-order chi connectivity index (χ0) is 14.4. The van der Waals surface area contributed by atoms with Crippen LogP contribution in [0.2, 0.25) is 0 Å². The zero-order valence-corrected chi connectivity index (χ0v) is 12.2. The highest BCUT2D eigenvalue weighted by atomic mass is 16.1. The van der Waals surface area contributed by atoms with Gasteiger partial charge in [0.05, 0.1) is 0 Å². The number of fused-ring (bicyclic) bond motifs is 1. The van der Waals surface area contributed by atoms with Crippen molar-refractivity contribution in [1.82, 2.24) is 0 Å². The van der Waals surface area contributed by atoms with Crippen molar-refractivity contribution in [3.8, 4) is 0 Å². The summed E-state index contributed by atoms with van der Waals surface area (Å²) in [7, 11) is 0. The normalized spacial score (nSPS) is 41.0. The number of hydrogen-bond acceptors (Lipinski definition) is 1. The highest BCUT2D eigenvalue weighted by Crippen LogP contribution is 2.67. The summed E-state index contributed by atoms with van der Waals surface area (Å²) in [6, 6.07) is 0. The van der Waals surface area contributed by atoms with E-state index >= 15 is 0 Å². The number of carbonyl (C=O) groups is 1. The first kappa shape index (κ1) is 13.6. The third-order valence-corrected chi connectivity index (χ3v) is 6.13. The molecule has 1 heteroatoms. The molecule has 0 heterocycles.